The summed E-state index contributed by atoms with van der Waals surface area (Å²) in [5.41, 5.74) is 0. The van der Waals surface area contributed by atoms with E-state index in [2.05, 4.69) is 29.8 Å². The molecule has 0 fully saturated rings. The zero-order valence-corrected chi connectivity index (χ0v) is 9.84. The SMILES string of the molecule is COC(=O)c1ncn(-c2nc(Cl)nc(Cl)n2)n1. The van der Waals surface area contributed by atoms with Gasteiger partial charge in [-0.2, -0.15) is 19.6 Å². The number of hydrogen-bond acceptors (Lipinski definition) is 7. The standard InChI is InChI=1S/C7H4Cl2N6O2/c1-17-4(16)3-10-2-15(14-3)7-12-5(8)11-6(9)13-7/h2H,1H3. The highest BCUT2D eigenvalue weighted by atomic mass is 35.5. The average molecular weight is 275 g/mol. The number of nitrogens with zero attached hydrogens (tertiary/aromatic N) is 6. The maximum Gasteiger partial charge on any atom is 0.377 e. The van der Waals surface area contributed by atoms with Gasteiger partial charge in [0.05, 0.1) is 7.11 Å². The first-order valence-electron chi connectivity index (χ1n) is 4.17. The summed E-state index contributed by atoms with van der Waals surface area (Å²) in [6.07, 6.45) is 1.23. The Labute approximate surface area is 105 Å². The van der Waals surface area contributed by atoms with Gasteiger partial charge in [-0.15, -0.1) is 5.10 Å². The van der Waals surface area contributed by atoms with E-state index < -0.39 is 5.97 Å². The number of aromatic nitrogens is 6. The fourth-order valence-corrected chi connectivity index (χ4v) is 1.32. The second-order valence-corrected chi connectivity index (χ2v) is 3.35. The predicted octanol–water partition coefficient (Wildman–Crippen LogP) is 0.546. The summed E-state index contributed by atoms with van der Waals surface area (Å²) in [7, 11) is 1.22. The molecule has 0 aliphatic heterocycles. The van der Waals surface area contributed by atoms with E-state index in [1.807, 2.05) is 0 Å². The molecule has 0 bridgehead atoms. The minimum atomic E-state index is -0.671. The summed E-state index contributed by atoms with van der Waals surface area (Å²) in [4.78, 5) is 26.0. The van der Waals surface area contributed by atoms with Gasteiger partial charge in [0.2, 0.25) is 10.6 Å². The van der Waals surface area contributed by atoms with Crippen LogP contribution in [0.5, 0.6) is 0 Å². The third-order valence-electron chi connectivity index (χ3n) is 1.63. The van der Waals surface area contributed by atoms with Crippen molar-refractivity contribution in [2.75, 3.05) is 7.11 Å². The largest absolute Gasteiger partial charge is 0.463 e. The zero-order chi connectivity index (χ0) is 12.4. The number of carbonyl (C=O) groups is 1. The molecule has 2 aromatic rings. The average Bonchev–Trinajstić information content (AvgIpc) is 2.76. The van der Waals surface area contributed by atoms with Crippen molar-refractivity contribution in [3.8, 4) is 5.95 Å². The maximum absolute atomic E-state index is 11.1. The molecule has 0 atom stereocenters. The molecular weight excluding hydrogens is 271 g/mol. The number of rotatable bonds is 2. The topological polar surface area (TPSA) is 95.7 Å². The Bertz CT molecular complexity index is 551. The van der Waals surface area contributed by atoms with Gasteiger partial charge in [-0.25, -0.2) is 9.78 Å². The van der Waals surface area contributed by atoms with E-state index in [1.165, 1.54) is 13.4 Å². The predicted molar refractivity (Wildman–Crippen MR) is 56.1 cm³/mol. The summed E-state index contributed by atoms with van der Waals surface area (Å²) in [5.74, 6) is -0.743. The van der Waals surface area contributed by atoms with Gasteiger partial charge in [0, 0.05) is 0 Å². The fourth-order valence-electron chi connectivity index (χ4n) is 0.963. The molecule has 8 nitrogen and oxygen atoms in total. The molecule has 0 amide bonds. The number of halogens is 2. The van der Waals surface area contributed by atoms with Crippen molar-refractivity contribution in [1.29, 1.82) is 0 Å². The highest BCUT2D eigenvalue weighted by molar-refractivity contribution is 6.31. The van der Waals surface area contributed by atoms with Crippen molar-refractivity contribution < 1.29 is 9.53 Å². The van der Waals surface area contributed by atoms with Crippen LogP contribution in [-0.2, 0) is 4.74 Å². The number of ether oxygens (including phenoxy) is 1. The van der Waals surface area contributed by atoms with Crippen LogP contribution in [0, 0.1) is 0 Å². The smallest absolute Gasteiger partial charge is 0.377 e. The number of esters is 1. The van der Waals surface area contributed by atoms with Crippen molar-refractivity contribution in [3.05, 3.63) is 22.7 Å². The molecule has 0 aromatic carbocycles. The molecule has 2 aromatic heterocycles. The van der Waals surface area contributed by atoms with Crippen molar-refractivity contribution in [2.45, 2.75) is 0 Å². The van der Waals surface area contributed by atoms with Gasteiger partial charge >= 0.3 is 5.97 Å². The van der Waals surface area contributed by atoms with Crippen molar-refractivity contribution in [1.82, 2.24) is 29.7 Å². The molecule has 0 aliphatic rings. The summed E-state index contributed by atoms with van der Waals surface area (Å²) in [5, 5.41) is 3.62. The molecule has 10 heteroatoms. The molecule has 2 heterocycles. The van der Waals surface area contributed by atoms with Gasteiger partial charge in [0.1, 0.15) is 6.33 Å². The third-order valence-corrected chi connectivity index (χ3v) is 1.97. The zero-order valence-electron chi connectivity index (χ0n) is 8.33. The van der Waals surface area contributed by atoms with Gasteiger partial charge in [-0.3, -0.25) is 0 Å². The summed E-state index contributed by atoms with van der Waals surface area (Å²) in [6.45, 7) is 0. The van der Waals surface area contributed by atoms with Crippen LogP contribution >= 0.6 is 23.2 Å². The van der Waals surface area contributed by atoms with Crippen LogP contribution in [-0.4, -0.2) is 42.8 Å². The first-order chi connectivity index (χ1) is 8.10. The molecule has 0 aliphatic carbocycles. The van der Waals surface area contributed by atoms with E-state index in [0.717, 1.165) is 4.68 Å². The summed E-state index contributed by atoms with van der Waals surface area (Å²) < 4.78 is 5.58. The normalized spacial score (nSPS) is 10.3. The highest BCUT2D eigenvalue weighted by Crippen LogP contribution is 2.09. The molecule has 2 rings (SSSR count). The minimum absolute atomic E-state index is 0.0534. The Morgan fingerprint density at radius 2 is 1.94 bits per heavy atom. The lowest BCUT2D eigenvalue weighted by Crippen LogP contribution is -2.07. The van der Waals surface area contributed by atoms with Crippen LogP contribution in [0.25, 0.3) is 5.95 Å². The maximum atomic E-state index is 11.1. The van der Waals surface area contributed by atoms with Crippen LogP contribution in [0.1, 0.15) is 10.6 Å². The Kier molecular flexibility index (Phi) is 3.16. The van der Waals surface area contributed by atoms with Crippen LogP contribution in [0.4, 0.5) is 0 Å². The molecular formula is C7H4Cl2N6O2. The van der Waals surface area contributed by atoms with Gasteiger partial charge in [0.25, 0.3) is 11.8 Å². The first-order valence-corrected chi connectivity index (χ1v) is 4.93. The second-order valence-electron chi connectivity index (χ2n) is 2.68. The lowest BCUT2D eigenvalue weighted by molar-refractivity contribution is 0.0587. The Morgan fingerprint density at radius 1 is 1.29 bits per heavy atom. The van der Waals surface area contributed by atoms with Crippen LogP contribution < -0.4 is 0 Å². The van der Waals surface area contributed by atoms with Gasteiger partial charge in [0.15, 0.2) is 0 Å². The van der Waals surface area contributed by atoms with E-state index >= 15 is 0 Å². The number of hydrogen-bond donors (Lipinski definition) is 0. The molecule has 88 valence electrons. The quantitative estimate of drug-likeness (QED) is 0.738. The monoisotopic (exact) mass is 274 g/mol. The molecule has 17 heavy (non-hydrogen) atoms. The Hall–Kier alpha value is -1.80. The van der Waals surface area contributed by atoms with E-state index in [0.29, 0.717) is 0 Å². The van der Waals surface area contributed by atoms with Crippen molar-refractivity contribution >= 4 is 29.2 Å². The van der Waals surface area contributed by atoms with E-state index in [-0.39, 0.29) is 22.3 Å². The molecule has 0 saturated heterocycles. The number of carbonyl (C=O) groups excluding carboxylic acids is 1. The number of methoxy groups -OCH3 is 1. The molecule has 0 spiro atoms. The van der Waals surface area contributed by atoms with Crippen molar-refractivity contribution in [2.24, 2.45) is 0 Å². The molecule has 0 saturated carbocycles. The van der Waals surface area contributed by atoms with Crippen molar-refractivity contribution in [3.63, 3.8) is 0 Å². The Morgan fingerprint density at radius 3 is 2.53 bits per heavy atom. The first kappa shape index (κ1) is 11.7. The summed E-state index contributed by atoms with van der Waals surface area (Å²) >= 11 is 11.2. The third kappa shape index (κ3) is 2.48. The van der Waals surface area contributed by atoms with E-state index in [1.54, 1.807) is 0 Å². The van der Waals surface area contributed by atoms with Crippen LogP contribution in [0.3, 0.4) is 0 Å². The second kappa shape index (κ2) is 4.60. The fraction of sp³-hybridized carbons (Fsp3) is 0.143. The van der Waals surface area contributed by atoms with Gasteiger partial charge in [-0.1, -0.05) is 0 Å². The molecule has 0 unspecified atom stereocenters. The van der Waals surface area contributed by atoms with Crippen LogP contribution in [0.15, 0.2) is 6.33 Å². The lowest BCUT2D eigenvalue weighted by Gasteiger charge is -1.98. The van der Waals surface area contributed by atoms with E-state index in [4.69, 9.17) is 23.2 Å². The molecule has 0 radical (unpaired) electrons. The van der Waals surface area contributed by atoms with Gasteiger partial charge in [-0.05, 0) is 23.2 Å². The minimum Gasteiger partial charge on any atom is -0.463 e. The van der Waals surface area contributed by atoms with E-state index in [9.17, 15) is 4.79 Å². The summed E-state index contributed by atoms with van der Waals surface area (Å²) in [6, 6.07) is 0. The lowest BCUT2D eigenvalue weighted by atomic mass is 10.6. The van der Waals surface area contributed by atoms with Crippen LogP contribution in [0.2, 0.25) is 10.6 Å². The highest BCUT2D eigenvalue weighted by Gasteiger charge is 2.14. The van der Waals surface area contributed by atoms with Gasteiger partial charge < -0.3 is 4.74 Å². The Balaban J connectivity index is 2.40. The molecule has 0 N–H and O–H groups in total.